The Balaban J connectivity index is 2.64. The first-order valence-electron chi connectivity index (χ1n) is 5.02. The number of hydrogen-bond acceptors (Lipinski definition) is 3. The van der Waals surface area contributed by atoms with Gasteiger partial charge in [-0.05, 0) is 31.5 Å². The first kappa shape index (κ1) is 13.1. The highest BCUT2D eigenvalue weighted by Crippen LogP contribution is 2.28. The molecule has 0 amide bonds. The number of carboxylic acids is 1. The summed E-state index contributed by atoms with van der Waals surface area (Å²) < 4.78 is 0. The molecular weight excluding hydrogens is 224 g/mol. The molecule has 0 aliphatic rings. The van der Waals surface area contributed by atoms with E-state index in [4.69, 9.17) is 10.2 Å². The molecule has 0 saturated carbocycles. The molecule has 1 aromatic carbocycles. The Kier molecular flexibility index (Phi) is 4.38. The van der Waals surface area contributed by atoms with Crippen molar-refractivity contribution in [3.05, 3.63) is 29.8 Å². The van der Waals surface area contributed by atoms with Crippen LogP contribution >= 0.6 is 11.8 Å². The summed E-state index contributed by atoms with van der Waals surface area (Å²) >= 11 is 1.49. The number of carboxylic acid groups (broad SMARTS) is 1. The Morgan fingerprint density at radius 3 is 2.69 bits per heavy atom. The standard InChI is InChI=1S/C12H16O3S/c1-12(2,11(14)15)8-16-10-5-3-4-9(6-10)7-13/h3-6,13H,7-8H2,1-2H3,(H,14,15). The zero-order valence-electron chi connectivity index (χ0n) is 9.43. The lowest BCUT2D eigenvalue weighted by Gasteiger charge is -2.18. The van der Waals surface area contributed by atoms with E-state index >= 15 is 0 Å². The van der Waals surface area contributed by atoms with Gasteiger partial charge in [0.25, 0.3) is 0 Å². The summed E-state index contributed by atoms with van der Waals surface area (Å²) in [6, 6.07) is 7.50. The number of aliphatic hydroxyl groups is 1. The molecule has 0 radical (unpaired) electrons. The number of thioether (sulfide) groups is 1. The van der Waals surface area contributed by atoms with Crippen molar-refractivity contribution >= 4 is 17.7 Å². The summed E-state index contributed by atoms with van der Waals surface area (Å²) in [6.07, 6.45) is 0. The number of benzene rings is 1. The number of rotatable bonds is 5. The van der Waals surface area contributed by atoms with Crippen molar-refractivity contribution in [3.63, 3.8) is 0 Å². The van der Waals surface area contributed by atoms with E-state index in [-0.39, 0.29) is 6.61 Å². The van der Waals surface area contributed by atoms with Crippen LogP contribution in [0.25, 0.3) is 0 Å². The van der Waals surface area contributed by atoms with Crippen LogP contribution in [0.3, 0.4) is 0 Å². The summed E-state index contributed by atoms with van der Waals surface area (Å²) in [5.41, 5.74) is 0.109. The molecule has 88 valence electrons. The van der Waals surface area contributed by atoms with Crippen LogP contribution in [0.5, 0.6) is 0 Å². The highest BCUT2D eigenvalue weighted by Gasteiger charge is 2.26. The molecule has 0 atom stereocenters. The molecule has 0 saturated heterocycles. The van der Waals surface area contributed by atoms with Crippen molar-refractivity contribution < 1.29 is 15.0 Å². The van der Waals surface area contributed by atoms with Gasteiger partial charge in [0.15, 0.2) is 0 Å². The highest BCUT2D eigenvalue weighted by molar-refractivity contribution is 7.99. The van der Waals surface area contributed by atoms with E-state index in [1.807, 2.05) is 24.3 Å². The molecule has 4 heteroatoms. The largest absolute Gasteiger partial charge is 0.481 e. The van der Waals surface area contributed by atoms with E-state index in [1.165, 1.54) is 11.8 Å². The van der Waals surface area contributed by atoms with E-state index in [0.29, 0.717) is 5.75 Å². The van der Waals surface area contributed by atoms with E-state index in [0.717, 1.165) is 10.5 Å². The smallest absolute Gasteiger partial charge is 0.309 e. The zero-order chi connectivity index (χ0) is 12.2. The van der Waals surface area contributed by atoms with Gasteiger partial charge in [0.05, 0.1) is 12.0 Å². The number of carbonyl (C=O) groups is 1. The maximum Gasteiger partial charge on any atom is 0.309 e. The minimum atomic E-state index is -0.793. The summed E-state index contributed by atoms with van der Waals surface area (Å²) in [6.45, 7) is 3.42. The molecule has 0 aliphatic heterocycles. The van der Waals surface area contributed by atoms with Crippen molar-refractivity contribution in [1.82, 2.24) is 0 Å². The molecule has 1 rings (SSSR count). The molecule has 0 fully saturated rings. The maximum atomic E-state index is 10.9. The van der Waals surface area contributed by atoms with E-state index in [1.54, 1.807) is 13.8 Å². The minimum Gasteiger partial charge on any atom is -0.481 e. The second-order valence-corrected chi connectivity index (χ2v) is 5.33. The summed E-state index contributed by atoms with van der Waals surface area (Å²) in [5.74, 6) is -0.282. The Morgan fingerprint density at radius 1 is 1.44 bits per heavy atom. The fraction of sp³-hybridized carbons (Fsp3) is 0.417. The molecule has 0 unspecified atom stereocenters. The summed E-state index contributed by atoms with van der Waals surface area (Å²) in [5, 5.41) is 17.9. The van der Waals surface area contributed by atoms with Crippen LogP contribution in [-0.4, -0.2) is 21.9 Å². The molecule has 1 aromatic rings. The first-order valence-corrected chi connectivity index (χ1v) is 6.00. The van der Waals surface area contributed by atoms with Crippen molar-refractivity contribution in [2.24, 2.45) is 5.41 Å². The Bertz CT molecular complexity index is 374. The third-order valence-corrected chi connectivity index (χ3v) is 3.71. The lowest BCUT2D eigenvalue weighted by atomic mass is 9.97. The second-order valence-electron chi connectivity index (χ2n) is 4.28. The Hall–Kier alpha value is -1.00. The molecule has 2 N–H and O–H groups in total. The predicted molar refractivity (Wildman–Crippen MR) is 64.5 cm³/mol. The zero-order valence-corrected chi connectivity index (χ0v) is 10.3. The van der Waals surface area contributed by atoms with Gasteiger partial charge in [-0.3, -0.25) is 4.79 Å². The van der Waals surface area contributed by atoms with Gasteiger partial charge in [0.2, 0.25) is 0 Å². The van der Waals surface area contributed by atoms with Gasteiger partial charge in [-0.2, -0.15) is 0 Å². The van der Waals surface area contributed by atoms with Crippen LogP contribution in [0.2, 0.25) is 0 Å². The van der Waals surface area contributed by atoms with Crippen LogP contribution in [0.4, 0.5) is 0 Å². The topological polar surface area (TPSA) is 57.5 Å². The minimum absolute atomic E-state index is 0.0106. The number of aliphatic carboxylic acids is 1. The van der Waals surface area contributed by atoms with Crippen molar-refractivity contribution in [1.29, 1.82) is 0 Å². The normalized spacial score (nSPS) is 11.4. The van der Waals surface area contributed by atoms with Crippen LogP contribution in [-0.2, 0) is 11.4 Å². The molecule has 3 nitrogen and oxygen atoms in total. The van der Waals surface area contributed by atoms with Crippen molar-refractivity contribution in [3.8, 4) is 0 Å². The molecule has 0 aliphatic carbocycles. The fourth-order valence-corrected chi connectivity index (χ4v) is 2.12. The average molecular weight is 240 g/mol. The highest BCUT2D eigenvalue weighted by atomic mass is 32.2. The van der Waals surface area contributed by atoms with E-state index < -0.39 is 11.4 Å². The monoisotopic (exact) mass is 240 g/mol. The van der Waals surface area contributed by atoms with Gasteiger partial charge in [-0.25, -0.2) is 0 Å². The van der Waals surface area contributed by atoms with Gasteiger partial charge >= 0.3 is 5.97 Å². The number of aliphatic hydroxyl groups excluding tert-OH is 1. The molecule has 0 spiro atoms. The van der Waals surface area contributed by atoms with Gasteiger partial charge < -0.3 is 10.2 Å². The van der Waals surface area contributed by atoms with Gasteiger partial charge in [0, 0.05) is 10.6 Å². The molecule has 0 bridgehead atoms. The second kappa shape index (κ2) is 5.37. The van der Waals surface area contributed by atoms with Crippen LogP contribution in [0.15, 0.2) is 29.2 Å². The van der Waals surface area contributed by atoms with E-state index in [2.05, 4.69) is 0 Å². The Labute approximate surface area is 99.5 Å². The fourth-order valence-electron chi connectivity index (χ4n) is 1.06. The SMILES string of the molecule is CC(C)(CSc1cccc(CO)c1)C(=O)O. The lowest BCUT2D eigenvalue weighted by molar-refractivity contribution is -0.145. The average Bonchev–Trinajstić information content (AvgIpc) is 2.26. The Morgan fingerprint density at radius 2 is 2.12 bits per heavy atom. The summed E-state index contributed by atoms with van der Waals surface area (Å²) in [7, 11) is 0. The molecular formula is C12H16O3S. The van der Waals surface area contributed by atoms with Crippen molar-refractivity contribution in [2.45, 2.75) is 25.3 Å². The molecule has 0 heterocycles. The van der Waals surface area contributed by atoms with Crippen LogP contribution in [0, 0.1) is 5.41 Å². The van der Waals surface area contributed by atoms with Crippen LogP contribution in [0.1, 0.15) is 19.4 Å². The molecule has 16 heavy (non-hydrogen) atoms. The number of hydrogen-bond donors (Lipinski definition) is 2. The predicted octanol–water partition coefficient (Wildman–Crippen LogP) is 2.38. The quantitative estimate of drug-likeness (QED) is 0.776. The van der Waals surface area contributed by atoms with Gasteiger partial charge in [-0.1, -0.05) is 12.1 Å². The van der Waals surface area contributed by atoms with Gasteiger partial charge in [-0.15, -0.1) is 11.8 Å². The third kappa shape index (κ3) is 3.54. The van der Waals surface area contributed by atoms with Gasteiger partial charge in [0.1, 0.15) is 0 Å². The summed E-state index contributed by atoms with van der Waals surface area (Å²) in [4.78, 5) is 11.9. The maximum absolute atomic E-state index is 10.9. The van der Waals surface area contributed by atoms with Crippen LogP contribution < -0.4 is 0 Å². The lowest BCUT2D eigenvalue weighted by Crippen LogP contribution is -2.26. The van der Waals surface area contributed by atoms with E-state index in [9.17, 15) is 4.79 Å². The molecule has 0 aromatic heterocycles. The van der Waals surface area contributed by atoms with Crippen molar-refractivity contribution in [2.75, 3.05) is 5.75 Å². The third-order valence-electron chi connectivity index (χ3n) is 2.26. The first-order chi connectivity index (χ1) is 7.45.